The van der Waals surface area contributed by atoms with E-state index >= 15 is 0 Å². The van der Waals surface area contributed by atoms with Crippen LogP contribution in [0, 0.1) is 0 Å². The number of carboxylic acid groups (broad SMARTS) is 1. The zero-order valence-corrected chi connectivity index (χ0v) is 14.5. The van der Waals surface area contributed by atoms with Gasteiger partial charge in [-0.15, -0.1) is 0 Å². The molecule has 1 aliphatic heterocycles. The molecule has 1 amide bonds. The second kappa shape index (κ2) is 7.23. The number of rotatable bonds is 5. The maximum absolute atomic E-state index is 12.2. The third kappa shape index (κ3) is 4.48. The Morgan fingerprint density at radius 2 is 2.12 bits per heavy atom. The fraction of sp³-hybridized carbons (Fsp3) is 0.625. The Balaban J connectivity index is 1.96. The normalized spacial score (nSPS) is 21.1. The van der Waals surface area contributed by atoms with Gasteiger partial charge in [-0.25, -0.2) is 9.59 Å². The number of aromatic amines is 1. The summed E-state index contributed by atoms with van der Waals surface area (Å²) in [7, 11) is 1.59. The molecule has 1 aromatic rings. The van der Waals surface area contributed by atoms with Crippen LogP contribution in [-0.2, 0) is 16.0 Å². The predicted molar refractivity (Wildman–Crippen MR) is 87.0 cm³/mol. The third-order valence-corrected chi connectivity index (χ3v) is 3.82. The van der Waals surface area contributed by atoms with E-state index in [1.807, 2.05) is 20.8 Å². The van der Waals surface area contributed by atoms with E-state index in [0.717, 1.165) is 0 Å². The molecule has 1 fully saturated rings. The van der Waals surface area contributed by atoms with Crippen LogP contribution in [0.3, 0.4) is 0 Å². The number of methoxy groups -OCH3 is 1. The van der Waals surface area contributed by atoms with E-state index in [4.69, 9.17) is 14.6 Å². The van der Waals surface area contributed by atoms with Crippen LogP contribution in [0.25, 0.3) is 0 Å². The monoisotopic (exact) mass is 339 g/mol. The Morgan fingerprint density at radius 1 is 1.42 bits per heavy atom. The lowest BCUT2D eigenvalue weighted by molar-refractivity contribution is 0.0252. The van der Waals surface area contributed by atoms with Crippen LogP contribution in [0.2, 0.25) is 0 Å². The van der Waals surface area contributed by atoms with Crippen LogP contribution in [0.1, 0.15) is 36.8 Å². The number of carboxylic acids is 1. The fourth-order valence-electron chi connectivity index (χ4n) is 2.67. The van der Waals surface area contributed by atoms with Crippen molar-refractivity contribution >= 4 is 12.1 Å². The number of nitrogens with zero attached hydrogens (tertiary/aromatic N) is 1. The number of likely N-dealkylation sites (tertiary alicyclic amines) is 1. The van der Waals surface area contributed by atoms with E-state index in [0.29, 0.717) is 25.3 Å². The van der Waals surface area contributed by atoms with Crippen molar-refractivity contribution in [3.63, 3.8) is 0 Å². The molecular weight excluding hydrogens is 314 g/mol. The van der Waals surface area contributed by atoms with Crippen molar-refractivity contribution in [3.8, 4) is 0 Å². The largest absolute Gasteiger partial charge is 0.478 e. The molecule has 1 saturated heterocycles. The predicted octanol–water partition coefficient (Wildman–Crippen LogP) is 1.44. The van der Waals surface area contributed by atoms with Gasteiger partial charge in [0.1, 0.15) is 5.60 Å². The van der Waals surface area contributed by atoms with Gasteiger partial charge in [0.2, 0.25) is 0 Å². The van der Waals surface area contributed by atoms with Gasteiger partial charge in [-0.05, 0) is 26.8 Å². The zero-order chi connectivity index (χ0) is 17.9. The minimum Gasteiger partial charge on any atom is -0.478 e. The molecule has 0 spiro atoms. The summed E-state index contributed by atoms with van der Waals surface area (Å²) in [6.45, 7) is 6.69. The van der Waals surface area contributed by atoms with Gasteiger partial charge in [0.15, 0.2) is 0 Å². The van der Waals surface area contributed by atoms with Gasteiger partial charge < -0.3 is 29.8 Å². The van der Waals surface area contributed by atoms with Gasteiger partial charge in [0, 0.05) is 32.1 Å². The summed E-state index contributed by atoms with van der Waals surface area (Å²) in [6.07, 6.45) is 1.04. The standard InChI is InChI=1S/C16H25N3O5/c1-16(2,3)24-15(22)19-8-12(13(9-19)23-4)18-7-11-10(14(20)21)5-6-17-11/h5-6,12-13,17-18H,7-9H2,1-4H3,(H,20,21)/t12?,13-/m0/s1. The SMILES string of the molecule is CO[C@H]1CN(C(=O)OC(C)(C)C)CC1NCc1[nH]ccc1C(=O)O. The van der Waals surface area contributed by atoms with Gasteiger partial charge in [-0.1, -0.05) is 0 Å². The van der Waals surface area contributed by atoms with Crippen molar-refractivity contribution in [1.82, 2.24) is 15.2 Å². The number of aromatic carboxylic acids is 1. The Hall–Kier alpha value is -2.06. The van der Waals surface area contributed by atoms with Crippen molar-refractivity contribution in [2.45, 2.75) is 45.1 Å². The minimum atomic E-state index is -0.974. The molecule has 1 aliphatic rings. The number of aromatic nitrogens is 1. The summed E-state index contributed by atoms with van der Waals surface area (Å²) in [5.74, 6) is -0.974. The Kier molecular flexibility index (Phi) is 5.51. The molecule has 24 heavy (non-hydrogen) atoms. The maximum Gasteiger partial charge on any atom is 0.410 e. The van der Waals surface area contributed by atoms with E-state index in [9.17, 15) is 9.59 Å². The average Bonchev–Trinajstić information content (AvgIpc) is 3.09. The molecule has 0 radical (unpaired) electrons. The summed E-state index contributed by atoms with van der Waals surface area (Å²) in [5.41, 5.74) is 0.276. The van der Waals surface area contributed by atoms with Crippen LogP contribution in [0.15, 0.2) is 12.3 Å². The highest BCUT2D eigenvalue weighted by molar-refractivity contribution is 5.88. The number of nitrogens with one attached hydrogen (secondary N) is 2. The molecule has 2 atom stereocenters. The quantitative estimate of drug-likeness (QED) is 0.750. The number of carbonyl (C=O) groups is 2. The number of carbonyl (C=O) groups excluding carboxylic acids is 1. The Labute approximate surface area is 141 Å². The molecule has 0 aliphatic carbocycles. The fourth-order valence-corrected chi connectivity index (χ4v) is 2.67. The van der Waals surface area contributed by atoms with Gasteiger partial charge >= 0.3 is 12.1 Å². The topological polar surface area (TPSA) is 104 Å². The smallest absolute Gasteiger partial charge is 0.410 e. The van der Waals surface area contributed by atoms with Gasteiger partial charge in [0.25, 0.3) is 0 Å². The zero-order valence-electron chi connectivity index (χ0n) is 14.5. The summed E-state index contributed by atoms with van der Waals surface area (Å²) >= 11 is 0. The molecule has 8 heteroatoms. The van der Waals surface area contributed by atoms with Crippen LogP contribution in [0.4, 0.5) is 4.79 Å². The highest BCUT2D eigenvalue weighted by Crippen LogP contribution is 2.18. The number of H-pyrrole nitrogens is 1. The van der Waals surface area contributed by atoms with E-state index < -0.39 is 11.6 Å². The van der Waals surface area contributed by atoms with Crippen molar-refractivity contribution in [2.24, 2.45) is 0 Å². The summed E-state index contributed by atoms with van der Waals surface area (Å²) < 4.78 is 10.8. The van der Waals surface area contributed by atoms with Crippen LogP contribution in [0.5, 0.6) is 0 Å². The molecule has 2 heterocycles. The maximum atomic E-state index is 12.2. The second-order valence-corrected chi connectivity index (χ2v) is 6.82. The van der Waals surface area contributed by atoms with Crippen molar-refractivity contribution < 1.29 is 24.2 Å². The van der Waals surface area contributed by atoms with Gasteiger partial charge in [-0.3, -0.25) is 0 Å². The van der Waals surface area contributed by atoms with Crippen LogP contribution < -0.4 is 5.32 Å². The number of ether oxygens (including phenoxy) is 2. The number of amides is 1. The molecular formula is C16H25N3O5. The molecule has 134 valence electrons. The highest BCUT2D eigenvalue weighted by Gasteiger charge is 2.37. The van der Waals surface area contributed by atoms with Crippen molar-refractivity contribution in [2.75, 3.05) is 20.2 Å². The lowest BCUT2D eigenvalue weighted by Crippen LogP contribution is -2.40. The van der Waals surface area contributed by atoms with Crippen molar-refractivity contribution in [1.29, 1.82) is 0 Å². The van der Waals surface area contributed by atoms with E-state index in [1.165, 1.54) is 6.07 Å². The summed E-state index contributed by atoms with van der Waals surface area (Å²) in [6, 6.07) is 1.42. The molecule has 8 nitrogen and oxygen atoms in total. The van der Waals surface area contributed by atoms with Crippen molar-refractivity contribution in [3.05, 3.63) is 23.5 Å². The van der Waals surface area contributed by atoms with E-state index in [-0.39, 0.29) is 23.8 Å². The number of hydrogen-bond acceptors (Lipinski definition) is 5. The first-order valence-electron chi connectivity index (χ1n) is 7.85. The average molecular weight is 339 g/mol. The first-order valence-corrected chi connectivity index (χ1v) is 7.85. The first-order chi connectivity index (χ1) is 11.2. The number of hydrogen-bond donors (Lipinski definition) is 3. The third-order valence-electron chi connectivity index (χ3n) is 3.82. The second-order valence-electron chi connectivity index (χ2n) is 6.82. The summed E-state index contributed by atoms with van der Waals surface area (Å²) in [5, 5.41) is 12.4. The summed E-state index contributed by atoms with van der Waals surface area (Å²) in [4.78, 5) is 27.8. The minimum absolute atomic E-state index is 0.104. The molecule has 0 saturated carbocycles. The van der Waals surface area contributed by atoms with Crippen LogP contribution in [-0.4, -0.2) is 65.0 Å². The molecule has 1 aromatic heterocycles. The lowest BCUT2D eigenvalue weighted by Gasteiger charge is -2.24. The highest BCUT2D eigenvalue weighted by atomic mass is 16.6. The molecule has 1 unspecified atom stereocenters. The van der Waals surface area contributed by atoms with E-state index in [2.05, 4.69) is 10.3 Å². The van der Waals surface area contributed by atoms with Crippen LogP contribution >= 0.6 is 0 Å². The Morgan fingerprint density at radius 3 is 2.71 bits per heavy atom. The lowest BCUT2D eigenvalue weighted by atomic mass is 10.2. The molecule has 3 N–H and O–H groups in total. The molecule has 0 aromatic carbocycles. The van der Waals surface area contributed by atoms with Gasteiger partial charge in [-0.2, -0.15) is 0 Å². The first kappa shape index (κ1) is 18.3. The molecule has 0 bridgehead atoms. The van der Waals surface area contributed by atoms with Gasteiger partial charge in [0.05, 0.1) is 24.3 Å². The Bertz CT molecular complexity index is 593. The van der Waals surface area contributed by atoms with E-state index in [1.54, 1.807) is 18.2 Å². The molecule has 2 rings (SSSR count).